The van der Waals surface area contributed by atoms with E-state index in [1.54, 1.807) is 30.5 Å². The smallest absolute Gasteiger partial charge is 0.308 e. The van der Waals surface area contributed by atoms with Crippen LogP contribution in [-0.4, -0.2) is 45.3 Å². The molecule has 8 heteroatoms. The number of carbonyl (C=O) groups excluding carboxylic acids is 1. The molecule has 6 nitrogen and oxygen atoms in total. The van der Waals surface area contributed by atoms with E-state index in [2.05, 4.69) is 5.10 Å². The predicted molar refractivity (Wildman–Crippen MR) is 87.3 cm³/mol. The summed E-state index contributed by atoms with van der Waals surface area (Å²) in [6.45, 7) is 1.64. The number of aromatic nitrogens is 2. The Morgan fingerprint density at radius 3 is 2.65 bits per heavy atom. The summed E-state index contributed by atoms with van der Waals surface area (Å²) >= 11 is 12.0. The summed E-state index contributed by atoms with van der Waals surface area (Å²) in [5.41, 5.74) is 0.799. The lowest BCUT2D eigenvalue weighted by molar-refractivity contribution is -0.141. The molecular weight excluding hydrogens is 341 g/mol. The number of carboxylic acid groups (broad SMARTS) is 1. The summed E-state index contributed by atoms with van der Waals surface area (Å²) in [7, 11) is 1.54. The Kier molecular flexibility index (Phi) is 5.28. The Labute approximate surface area is 143 Å². The highest BCUT2D eigenvalue weighted by molar-refractivity contribution is 6.35. The molecule has 0 aliphatic carbocycles. The lowest BCUT2D eigenvalue weighted by atomic mass is 10.2. The second kappa shape index (κ2) is 7.02. The van der Waals surface area contributed by atoms with Gasteiger partial charge in [0.25, 0.3) is 5.91 Å². The van der Waals surface area contributed by atoms with E-state index in [1.165, 1.54) is 23.6 Å². The van der Waals surface area contributed by atoms with Crippen LogP contribution in [0, 0.1) is 5.92 Å². The highest BCUT2D eigenvalue weighted by Crippen LogP contribution is 2.24. The van der Waals surface area contributed by atoms with Crippen molar-refractivity contribution in [1.29, 1.82) is 0 Å². The quantitative estimate of drug-likeness (QED) is 0.894. The lowest BCUT2D eigenvalue weighted by Gasteiger charge is -2.18. The maximum Gasteiger partial charge on any atom is 0.308 e. The first-order valence-corrected chi connectivity index (χ1v) is 7.54. The topological polar surface area (TPSA) is 75.4 Å². The van der Waals surface area contributed by atoms with Gasteiger partial charge in [-0.25, -0.2) is 4.68 Å². The Hall–Kier alpha value is -2.05. The van der Waals surface area contributed by atoms with Gasteiger partial charge in [-0.15, -0.1) is 0 Å². The fourth-order valence-corrected chi connectivity index (χ4v) is 2.50. The van der Waals surface area contributed by atoms with Crippen molar-refractivity contribution in [3.05, 3.63) is 46.2 Å². The van der Waals surface area contributed by atoms with E-state index in [-0.39, 0.29) is 18.1 Å². The molecule has 1 aromatic heterocycles. The highest BCUT2D eigenvalue weighted by Gasteiger charge is 2.20. The van der Waals surface area contributed by atoms with Gasteiger partial charge in [0.2, 0.25) is 0 Å². The van der Waals surface area contributed by atoms with Crippen molar-refractivity contribution in [3.63, 3.8) is 0 Å². The zero-order valence-electron chi connectivity index (χ0n) is 12.5. The van der Waals surface area contributed by atoms with Crippen LogP contribution in [-0.2, 0) is 4.79 Å². The SMILES string of the molecule is CC(CN(C)C(=O)c1ccn(-c2ccc(Cl)cc2Cl)n1)C(=O)O. The molecule has 0 spiro atoms. The maximum atomic E-state index is 12.3. The Morgan fingerprint density at radius 2 is 2.04 bits per heavy atom. The van der Waals surface area contributed by atoms with Crippen molar-refractivity contribution in [2.45, 2.75) is 6.92 Å². The number of amides is 1. The molecule has 0 saturated heterocycles. The van der Waals surface area contributed by atoms with Gasteiger partial charge in [-0.1, -0.05) is 30.1 Å². The maximum absolute atomic E-state index is 12.3. The van der Waals surface area contributed by atoms with Crippen LogP contribution in [0.1, 0.15) is 17.4 Å². The van der Waals surface area contributed by atoms with Gasteiger partial charge in [-0.05, 0) is 24.3 Å². The second-order valence-electron chi connectivity index (χ2n) is 5.17. The summed E-state index contributed by atoms with van der Waals surface area (Å²) < 4.78 is 1.47. The Morgan fingerprint density at radius 1 is 1.35 bits per heavy atom. The molecule has 0 fully saturated rings. The van der Waals surface area contributed by atoms with Crippen LogP contribution >= 0.6 is 23.2 Å². The van der Waals surface area contributed by atoms with Crippen molar-refractivity contribution in [2.75, 3.05) is 13.6 Å². The molecule has 0 aliphatic rings. The van der Waals surface area contributed by atoms with E-state index in [0.29, 0.717) is 15.7 Å². The van der Waals surface area contributed by atoms with Gasteiger partial charge < -0.3 is 10.0 Å². The molecule has 0 aliphatic heterocycles. The van der Waals surface area contributed by atoms with E-state index in [4.69, 9.17) is 28.3 Å². The van der Waals surface area contributed by atoms with Crippen molar-refractivity contribution in [1.82, 2.24) is 14.7 Å². The number of hydrogen-bond donors (Lipinski definition) is 1. The van der Waals surface area contributed by atoms with Gasteiger partial charge in [0, 0.05) is 24.8 Å². The molecule has 0 bridgehead atoms. The van der Waals surface area contributed by atoms with E-state index in [0.717, 1.165) is 0 Å². The largest absolute Gasteiger partial charge is 0.481 e. The zero-order valence-corrected chi connectivity index (χ0v) is 14.0. The van der Waals surface area contributed by atoms with E-state index in [1.807, 2.05) is 0 Å². The number of benzene rings is 1. The van der Waals surface area contributed by atoms with Gasteiger partial charge in [0.05, 0.1) is 16.6 Å². The number of halogens is 2. The highest BCUT2D eigenvalue weighted by atomic mass is 35.5. The minimum absolute atomic E-state index is 0.0999. The van der Waals surface area contributed by atoms with Crippen LogP contribution in [0.3, 0.4) is 0 Å². The summed E-state index contributed by atoms with van der Waals surface area (Å²) in [5.74, 6) is -1.97. The fourth-order valence-electron chi connectivity index (χ4n) is 2.01. The molecule has 1 atom stereocenters. The van der Waals surface area contributed by atoms with E-state index >= 15 is 0 Å². The second-order valence-corrected chi connectivity index (χ2v) is 6.01. The summed E-state index contributed by atoms with van der Waals surface area (Å²) in [5, 5.41) is 14.0. The molecule has 1 N–H and O–H groups in total. The molecule has 2 aromatic rings. The van der Waals surface area contributed by atoms with Crippen molar-refractivity contribution in [3.8, 4) is 5.69 Å². The van der Waals surface area contributed by atoms with Crippen LogP contribution < -0.4 is 0 Å². The molecule has 2 rings (SSSR count). The average Bonchev–Trinajstić information content (AvgIpc) is 2.95. The third kappa shape index (κ3) is 4.03. The molecule has 1 amide bonds. The minimum Gasteiger partial charge on any atom is -0.481 e. The lowest BCUT2D eigenvalue weighted by Crippen LogP contribution is -2.34. The summed E-state index contributed by atoms with van der Waals surface area (Å²) in [6, 6.07) is 6.51. The molecule has 0 saturated carbocycles. The van der Waals surface area contributed by atoms with Crippen LogP contribution in [0.5, 0.6) is 0 Å². The van der Waals surface area contributed by atoms with Gasteiger partial charge in [-0.2, -0.15) is 5.10 Å². The summed E-state index contributed by atoms with van der Waals surface area (Å²) in [4.78, 5) is 24.5. The molecule has 1 unspecified atom stereocenters. The molecule has 1 aromatic carbocycles. The third-order valence-corrected chi connectivity index (χ3v) is 3.82. The van der Waals surface area contributed by atoms with Crippen LogP contribution in [0.2, 0.25) is 10.0 Å². The molecular formula is C15H15Cl2N3O3. The standard InChI is InChI=1S/C15H15Cl2N3O3/c1-9(15(22)23)8-19(2)14(21)12-5-6-20(18-12)13-4-3-10(16)7-11(13)17/h3-7,9H,8H2,1-2H3,(H,22,23). The van der Waals surface area contributed by atoms with E-state index < -0.39 is 11.9 Å². The number of aliphatic carboxylic acids is 1. The number of carboxylic acids is 1. The molecule has 23 heavy (non-hydrogen) atoms. The minimum atomic E-state index is -0.955. The number of carbonyl (C=O) groups is 2. The van der Waals surface area contributed by atoms with Gasteiger partial charge in [0.15, 0.2) is 5.69 Å². The van der Waals surface area contributed by atoms with Crippen molar-refractivity contribution >= 4 is 35.1 Å². The third-order valence-electron chi connectivity index (χ3n) is 3.28. The first-order chi connectivity index (χ1) is 10.8. The summed E-state index contributed by atoms with van der Waals surface area (Å²) in [6.07, 6.45) is 1.61. The van der Waals surface area contributed by atoms with Gasteiger partial charge in [-0.3, -0.25) is 9.59 Å². The Balaban J connectivity index is 2.18. The molecule has 122 valence electrons. The van der Waals surface area contributed by atoms with Crippen LogP contribution in [0.25, 0.3) is 5.69 Å². The molecule has 1 heterocycles. The first-order valence-electron chi connectivity index (χ1n) is 6.79. The van der Waals surface area contributed by atoms with Crippen LogP contribution in [0.4, 0.5) is 0 Å². The normalized spacial score (nSPS) is 12.0. The Bertz CT molecular complexity index is 745. The van der Waals surface area contributed by atoms with Crippen molar-refractivity contribution in [2.24, 2.45) is 5.92 Å². The zero-order chi connectivity index (χ0) is 17.1. The predicted octanol–water partition coefficient (Wildman–Crippen LogP) is 2.97. The molecule has 0 radical (unpaired) electrons. The van der Waals surface area contributed by atoms with E-state index in [9.17, 15) is 9.59 Å². The van der Waals surface area contributed by atoms with Gasteiger partial charge in [0.1, 0.15) is 0 Å². The van der Waals surface area contributed by atoms with Crippen molar-refractivity contribution < 1.29 is 14.7 Å². The number of nitrogens with zero attached hydrogens (tertiary/aromatic N) is 3. The average molecular weight is 356 g/mol. The number of hydrogen-bond acceptors (Lipinski definition) is 3. The fraction of sp³-hybridized carbons (Fsp3) is 0.267. The van der Waals surface area contributed by atoms with Crippen LogP contribution in [0.15, 0.2) is 30.5 Å². The first kappa shape index (κ1) is 17.3. The van der Waals surface area contributed by atoms with Gasteiger partial charge >= 0.3 is 5.97 Å². The monoisotopic (exact) mass is 355 g/mol. The number of rotatable bonds is 5.